The molecule has 0 spiro atoms. The Labute approximate surface area is 189 Å². The summed E-state index contributed by atoms with van der Waals surface area (Å²) >= 11 is 0. The maximum absolute atomic E-state index is 12.7. The fourth-order valence-corrected chi connectivity index (χ4v) is 4.07. The molecule has 6 nitrogen and oxygen atoms in total. The third-order valence-corrected chi connectivity index (χ3v) is 5.91. The molecular formula is C27H22N2O4. The van der Waals surface area contributed by atoms with Crippen molar-refractivity contribution in [1.82, 2.24) is 10.3 Å². The van der Waals surface area contributed by atoms with Gasteiger partial charge in [0.25, 0.3) is 0 Å². The van der Waals surface area contributed by atoms with Crippen LogP contribution in [0.25, 0.3) is 33.1 Å². The lowest BCUT2D eigenvalue weighted by Gasteiger charge is -2.09. The van der Waals surface area contributed by atoms with E-state index >= 15 is 0 Å². The van der Waals surface area contributed by atoms with Crippen molar-refractivity contribution in [3.8, 4) is 11.1 Å². The number of aromatic nitrogens is 1. The molecule has 6 heteroatoms. The highest BCUT2D eigenvalue weighted by Crippen LogP contribution is 2.34. The van der Waals surface area contributed by atoms with Gasteiger partial charge in [-0.05, 0) is 48.2 Å². The molecule has 5 aromatic rings. The van der Waals surface area contributed by atoms with E-state index in [0.29, 0.717) is 29.7 Å². The highest BCUT2D eigenvalue weighted by atomic mass is 16.4. The van der Waals surface area contributed by atoms with Crippen molar-refractivity contribution in [3.63, 3.8) is 0 Å². The Morgan fingerprint density at radius 3 is 2.58 bits per heavy atom. The number of carbonyl (C=O) groups excluding carboxylic acids is 1. The van der Waals surface area contributed by atoms with E-state index in [1.807, 2.05) is 55.5 Å². The topological polar surface area (TPSA) is 85.3 Å². The predicted octanol–water partition coefficient (Wildman–Crippen LogP) is 5.16. The van der Waals surface area contributed by atoms with Crippen LogP contribution in [0.1, 0.15) is 23.1 Å². The van der Waals surface area contributed by atoms with E-state index in [-0.39, 0.29) is 12.3 Å². The number of pyridine rings is 1. The monoisotopic (exact) mass is 438 g/mol. The van der Waals surface area contributed by atoms with Gasteiger partial charge in [-0.15, -0.1) is 0 Å². The molecule has 5 rings (SSSR count). The number of rotatable bonds is 6. The molecule has 0 fully saturated rings. The van der Waals surface area contributed by atoms with E-state index in [9.17, 15) is 9.59 Å². The van der Waals surface area contributed by atoms with Gasteiger partial charge in [-0.25, -0.2) is 4.79 Å². The third kappa shape index (κ3) is 4.15. The number of furan rings is 1. The first kappa shape index (κ1) is 20.7. The first-order chi connectivity index (χ1) is 16.1. The van der Waals surface area contributed by atoms with Crippen molar-refractivity contribution in [2.45, 2.75) is 26.3 Å². The van der Waals surface area contributed by atoms with Gasteiger partial charge in [0.05, 0.1) is 6.26 Å². The standard InChI is InChI=1S/C27H22N2O4/c1-17-20(7-8-26(30)29-15-18-9-11-28-12-10-18)27(31)33-25-14-24-22(13-21(17)25)23(16-32-24)19-5-3-2-4-6-19/h2-6,9-14,16H,7-8,15H2,1H3,(H,29,30). The first-order valence-electron chi connectivity index (χ1n) is 10.8. The number of hydrogen-bond acceptors (Lipinski definition) is 5. The average molecular weight is 438 g/mol. The van der Waals surface area contributed by atoms with Gasteiger partial charge in [0.2, 0.25) is 5.91 Å². The molecule has 2 aromatic carbocycles. The minimum Gasteiger partial charge on any atom is -0.464 e. The molecule has 0 aliphatic rings. The predicted molar refractivity (Wildman–Crippen MR) is 127 cm³/mol. The van der Waals surface area contributed by atoms with E-state index in [1.165, 1.54) is 0 Å². The summed E-state index contributed by atoms with van der Waals surface area (Å²) in [6.07, 6.45) is 5.60. The molecule has 0 aliphatic heterocycles. The van der Waals surface area contributed by atoms with Gasteiger partial charge in [-0.3, -0.25) is 9.78 Å². The zero-order chi connectivity index (χ0) is 22.8. The summed E-state index contributed by atoms with van der Waals surface area (Å²) < 4.78 is 11.3. The highest BCUT2D eigenvalue weighted by Gasteiger charge is 2.16. The summed E-state index contributed by atoms with van der Waals surface area (Å²) in [4.78, 5) is 29.0. The second-order valence-corrected chi connectivity index (χ2v) is 7.99. The van der Waals surface area contributed by atoms with Crippen LogP contribution in [0.5, 0.6) is 0 Å². The fraction of sp³-hybridized carbons (Fsp3) is 0.148. The number of nitrogens with zero attached hydrogens (tertiary/aromatic N) is 1. The third-order valence-electron chi connectivity index (χ3n) is 5.91. The van der Waals surface area contributed by atoms with Gasteiger partial charge >= 0.3 is 5.63 Å². The minimum atomic E-state index is -0.420. The Morgan fingerprint density at radius 2 is 1.79 bits per heavy atom. The van der Waals surface area contributed by atoms with Gasteiger partial charge in [-0.2, -0.15) is 0 Å². The van der Waals surface area contributed by atoms with Crippen molar-refractivity contribution in [1.29, 1.82) is 0 Å². The van der Waals surface area contributed by atoms with Gasteiger partial charge < -0.3 is 14.2 Å². The summed E-state index contributed by atoms with van der Waals surface area (Å²) in [7, 11) is 0. The molecule has 3 aromatic heterocycles. The molecule has 0 bridgehead atoms. The SMILES string of the molecule is Cc1c(CCC(=O)NCc2ccncc2)c(=O)oc2cc3occ(-c4ccccc4)c3cc12. The van der Waals surface area contributed by atoms with Gasteiger partial charge in [0, 0.05) is 53.3 Å². The lowest BCUT2D eigenvalue weighted by atomic mass is 9.99. The molecular weight excluding hydrogens is 416 g/mol. The zero-order valence-electron chi connectivity index (χ0n) is 18.1. The Bertz CT molecular complexity index is 1500. The number of nitrogens with one attached hydrogen (secondary N) is 1. The van der Waals surface area contributed by atoms with Crippen LogP contribution in [0.4, 0.5) is 0 Å². The molecule has 1 amide bonds. The molecule has 1 N–H and O–H groups in total. The lowest BCUT2D eigenvalue weighted by molar-refractivity contribution is -0.121. The Hall–Kier alpha value is -4.19. The van der Waals surface area contributed by atoms with E-state index in [2.05, 4.69) is 10.3 Å². The van der Waals surface area contributed by atoms with Crippen molar-refractivity contribution >= 4 is 27.8 Å². The van der Waals surface area contributed by atoms with E-state index in [1.54, 1.807) is 24.7 Å². The summed E-state index contributed by atoms with van der Waals surface area (Å²) in [6, 6.07) is 17.5. The van der Waals surface area contributed by atoms with Crippen molar-refractivity contribution in [2.75, 3.05) is 0 Å². The van der Waals surface area contributed by atoms with Gasteiger partial charge in [0.15, 0.2) is 0 Å². The van der Waals surface area contributed by atoms with Gasteiger partial charge in [-0.1, -0.05) is 30.3 Å². The second kappa shape index (κ2) is 8.74. The molecule has 0 aliphatic carbocycles. The van der Waals surface area contributed by atoms with Crippen LogP contribution in [0.15, 0.2) is 86.9 Å². The van der Waals surface area contributed by atoms with Crippen LogP contribution in [0.2, 0.25) is 0 Å². The van der Waals surface area contributed by atoms with E-state index in [4.69, 9.17) is 8.83 Å². The maximum Gasteiger partial charge on any atom is 0.339 e. The lowest BCUT2D eigenvalue weighted by Crippen LogP contribution is -2.24. The minimum absolute atomic E-state index is 0.123. The molecule has 33 heavy (non-hydrogen) atoms. The number of benzene rings is 2. The number of amides is 1. The molecule has 3 heterocycles. The van der Waals surface area contributed by atoms with Crippen LogP contribution in [-0.4, -0.2) is 10.9 Å². The van der Waals surface area contributed by atoms with Crippen molar-refractivity contribution < 1.29 is 13.6 Å². The van der Waals surface area contributed by atoms with Crippen LogP contribution in [0.3, 0.4) is 0 Å². The quantitative estimate of drug-likeness (QED) is 0.370. The molecule has 0 unspecified atom stereocenters. The average Bonchev–Trinajstić information content (AvgIpc) is 3.25. The number of hydrogen-bond donors (Lipinski definition) is 1. The molecule has 0 saturated heterocycles. The summed E-state index contributed by atoms with van der Waals surface area (Å²) in [5.74, 6) is -0.123. The fourth-order valence-electron chi connectivity index (χ4n) is 4.07. The van der Waals surface area contributed by atoms with Crippen LogP contribution in [-0.2, 0) is 17.8 Å². The molecule has 0 atom stereocenters. The zero-order valence-corrected chi connectivity index (χ0v) is 18.1. The maximum atomic E-state index is 12.7. The number of fused-ring (bicyclic) bond motifs is 2. The highest BCUT2D eigenvalue weighted by molar-refractivity contribution is 6.02. The number of aryl methyl sites for hydroxylation is 1. The summed E-state index contributed by atoms with van der Waals surface area (Å²) in [6.45, 7) is 2.32. The van der Waals surface area contributed by atoms with Crippen LogP contribution >= 0.6 is 0 Å². The second-order valence-electron chi connectivity index (χ2n) is 7.99. The number of carbonyl (C=O) groups is 1. The summed E-state index contributed by atoms with van der Waals surface area (Å²) in [5.41, 5.74) is 5.06. The van der Waals surface area contributed by atoms with Crippen molar-refractivity contribution in [3.05, 3.63) is 100 Å². The first-order valence-corrected chi connectivity index (χ1v) is 10.8. The van der Waals surface area contributed by atoms with E-state index in [0.717, 1.165) is 33.0 Å². The smallest absolute Gasteiger partial charge is 0.339 e. The van der Waals surface area contributed by atoms with Gasteiger partial charge in [0.1, 0.15) is 11.2 Å². The molecule has 164 valence electrons. The Kier molecular flexibility index (Phi) is 5.48. The van der Waals surface area contributed by atoms with Crippen molar-refractivity contribution in [2.24, 2.45) is 0 Å². The van der Waals surface area contributed by atoms with Crippen LogP contribution in [0, 0.1) is 6.92 Å². The Balaban J connectivity index is 1.42. The van der Waals surface area contributed by atoms with Crippen LogP contribution < -0.4 is 10.9 Å². The molecule has 0 saturated carbocycles. The largest absolute Gasteiger partial charge is 0.464 e. The summed E-state index contributed by atoms with van der Waals surface area (Å²) in [5, 5.41) is 4.67. The molecule has 0 radical (unpaired) electrons. The normalized spacial score (nSPS) is 11.2. The van der Waals surface area contributed by atoms with E-state index < -0.39 is 5.63 Å². The Morgan fingerprint density at radius 1 is 1.00 bits per heavy atom.